The average Bonchev–Trinajstić information content (AvgIpc) is 3.16. The number of nitrogens with zero attached hydrogens (tertiary/aromatic N) is 1. The predicted octanol–water partition coefficient (Wildman–Crippen LogP) is 5.13. The number of benzene rings is 3. The Bertz CT molecular complexity index is 1060. The van der Waals surface area contributed by atoms with Gasteiger partial charge in [0.25, 0.3) is 11.8 Å². The summed E-state index contributed by atoms with van der Waals surface area (Å²) in [6, 6.07) is 19.6. The molecule has 4 nitrogen and oxygen atoms in total. The molecule has 3 aromatic carbocycles. The summed E-state index contributed by atoms with van der Waals surface area (Å²) in [5.41, 5.74) is 4.10. The van der Waals surface area contributed by atoms with Gasteiger partial charge in [0.15, 0.2) is 0 Å². The third-order valence-corrected chi connectivity index (χ3v) is 5.45. The summed E-state index contributed by atoms with van der Waals surface area (Å²) in [5, 5.41) is 4.10. The van der Waals surface area contributed by atoms with Crippen molar-refractivity contribution in [3.05, 3.63) is 99.0 Å². The summed E-state index contributed by atoms with van der Waals surface area (Å²) in [5.74, 6) is -0.223. The zero-order valence-electron chi connectivity index (χ0n) is 15.5. The number of halogens is 2. The van der Waals surface area contributed by atoms with E-state index in [2.05, 4.69) is 5.32 Å². The molecule has 6 heteroatoms. The molecule has 1 N–H and O–H groups in total. The van der Waals surface area contributed by atoms with E-state index in [1.807, 2.05) is 18.2 Å². The van der Waals surface area contributed by atoms with Crippen LogP contribution in [0.4, 0.5) is 5.69 Å². The van der Waals surface area contributed by atoms with Crippen molar-refractivity contribution in [2.45, 2.75) is 13.0 Å². The van der Waals surface area contributed by atoms with Crippen LogP contribution in [0.3, 0.4) is 0 Å². The molecule has 1 aliphatic heterocycles. The Kier molecular flexibility index (Phi) is 5.56. The highest BCUT2D eigenvalue weighted by Gasteiger charge is 2.25. The van der Waals surface area contributed by atoms with Crippen LogP contribution in [-0.4, -0.2) is 18.4 Å². The number of carbonyl (C=O) groups is 2. The van der Waals surface area contributed by atoms with Crippen molar-refractivity contribution in [1.29, 1.82) is 0 Å². The van der Waals surface area contributed by atoms with Crippen LogP contribution in [0.1, 0.15) is 31.8 Å². The van der Waals surface area contributed by atoms with Gasteiger partial charge in [-0.05, 0) is 72.1 Å². The van der Waals surface area contributed by atoms with Gasteiger partial charge in [0, 0.05) is 39.9 Å². The van der Waals surface area contributed by atoms with Crippen LogP contribution in [-0.2, 0) is 13.0 Å². The third-order valence-electron chi connectivity index (χ3n) is 4.94. The molecule has 0 fully saturated rings. The monoisotopic (exact) mass is 424 g/mol. The van der Waals surface area contributed by atoms with Gasteiger partial charge in [-0.25, -0.2) is 0 Å². The van der Waals surface area contributed by atoms with E-state index in [-0.39, 0.29) is 11.8 Å². The number of rotatable bonds is 4. The molecule has 0 saturated carbocycles. The van der Waals surface area contributed by atoms with Crippen molar-refractivity contribution >= 4 is 40.7 Å². The number of hydrogen-bond acceptors (Lipinski definition) is 2. The highest BCUT2D eigenvalue weighted by molar-refractivity contribution is 6.31. The lowest BCUT2D eigenvalue weighted by Gasteiger charge is -2.18. The van der Waals surface area contributed by atoms with Crippen LogP contribution in [0.5, 0.6) is 0 Å². The average molecular weight is 425 g/mol. The van der Waals surface area contributed by atoms with E-state index < -0.39 is 0 Å². The van der Waals surface area contributed by atoms with Crippen LogP contribution >= 0.6 is 23.2 Å². The zero-order chi connectivity index (χ0) is 20.4. The lowest BCUT2D eigenvalue weighted by molar-refractivity contribution is 0.0949. The van der Waals surface area contributed by atoms with Crippen molar-refractivity contribution in [1.82, 2.24) is 5.32 Å². The number of carbonyl (C=O) groups excluding carboxylic acids is 2. The Balaban J connectivity index is 1.48. The fourth-order valence-corrected chi connectivity index (χ4v) is 3.63. The first-order valence-corrected chi connectivity index (χ1v) is 10.00. The van der Waals surface area contributed by atoms with Crippen molar-refractivity contribution < 1.29 is 9.59 Å². The second-order valence-electron chi connectivity index (χ2n) is 6.87. The number of fused-ring (bicyclic) bond motifs is 1. The van der Waals surface area contributed by atoms with Gasteiger partial charge in [-0.15, -0.1) is 0 Å². The smallest absolute Gasteiger partial charge is 0.258 e. The minimum atomic E-state index is -0.170. The summed E-state index contributed by atoms with van der Waals surface area (Å²) < 4.78 is 0. The lowest BCUT2D eigenvalue weighted by Crippen LogP contribution is -2.29. The standard InChI is InChI=1S/C23H18Cl2N2O2/c24-19-7-3-17(4-8-19)22(28)26-14-15-1-2-16-11-12-27(21(16)13-15)23(29)18-5-9-20(25)10-6-18/h1-10,13H,11-12,14H2,(H,26,28). The van der Waals surface area contributed by atoms with Crippen molar-refractivity contribution in [2.75, 3.05) is 11.4 Å². The summed E-state index contributed by atoms with van der Waals surface area (Å²) in [4.78, 5) is 27.0. The number of anilines is 1. The predicted molar refractivity (Wildman–Crippen MR) is 116 cm³/mol. The van der Waals surface area contributed by atoms with Crippen LogP contribution in [0.15, 0.2) is 66.7 Å². The zero-order valence-corrected chi connectivity index (χ0v) is 17.0. The minimum Gasteiger partial charge on any atom is -0.348 e. The third kappa shape index (κ3) is 4.29. The Morgan fingerprint density at radius 2 is 1.48 bits per heavy atom. The molecule has 1 heterocycles. The topological polar surface area (TPSA) is 49.4 Å². The maximum atomic E-state index is 12.9. The van der Waals surface area contributed by atoms with E-state index in [0.717, 1.165) is 23.2 Å². The van der Waals surface area contributed by atoms with Crippen molar-refractivity contribution in [3.63, 3.8) is 0 Å². The molecule has 0 spiro atoms. The van der Waals surface area contributed by atoms with E-state index in [1.165, 1.54) is 0 Å². The molecule has 3 aromatic rings. The highest BCUT2D eigenvalue weighted by Crippen LogP contribution is 2.30. The summed E-state index contributed by atoms with van der Waals surface area (Å²) in [7, 11) is 0. The van der Waals surface area contributed by atoms with Gasteiger partial charge >= 0.3 is 0 Å². The molecule has 146 valence electrons. The molecule has 0 bridgehead atoms. The van der Waals surface area contributed by atoms with E-state index in [1.54, 1.807) is 53.4 Å². The van der Waals surface area contributed by atoms with Crippen LogP contribution in [0.2, 0.25) is 10.0 Å². The first-order chi connectivity index (χ1) is 14.0. The van der Waals surface area contributed by atoms with E-state index in [4.69, 9.17) is 23.2 Å². The normalized spacial score (nSPS) is 12.6. The first kappa shape index (κ1) is 19.5. The van der Waals surface area contributed by atoms with Crippen molar-refractivity contribution in [3.8, 4) is 0 Å². The quantitative estimate of drug-likeness (QED) is 0.631. The van der Waals surface area contributed by atoms with Gasteiger partial charge < -0.3 is 10.2 Å². The van der Waals surface area contributed by atoms with Gasteiger partial charge in [-0.1, -0.05) is 35.3 Å². The second kappa shape index (κ2) is 8.27. The van der Waals surface area contributed by atoms with Crippen LogP contribution in [0.25, 0.3) is 0 Å². The molecule has 0 aliphatic carbocycles. The van der Waals surface area contributed by atoms with E-state index >= 15 is 0 Å². The molecule has 0 saturated heterocycles. The highest BCUT2D eigenvalue weighted by atomic mass is 35.5. The Morgan fingerprint density at radius 1 is 0.862 bits per heavy atom. The summed E-state index contributed by atoms with van der Waals surface area (Å²) in [6.07, 6.45) is 0.812. The SMILES string of the molecule is O=C(NCc1ccc2c(c1)N(C(=O)c1ccc(Cl)cc1)CC2)c1ccc(Cl)cc1. The number of nitrogens with one attached hydrogen (secondary N) is 1. The molecule has 0 aromatic heterocycles. The Morgan fingerprint density at radius 3 is 2.14 bits per heavy atom. The molecule has 0 radical (unpaired) electrons. The van der Waals surface area contributed by atoms with E-state index in [9.17, 15) is 9.59 Å². The molecule has 29 heavy (non-hydrogen) atoms. The Labute approximate surface area is 179 Å². The maximum Gasteiger partial charge on any atom is 0.258 e. The van der Waals surface area contributed by atoms with Gasteiger partial charge in [0.2, 0.25) is 0 Å². The fourth-order valence-electron chi connectivity index (χ4n) is 3.38. The molecule has 0 atom stereocenters. The van der Waals surface area contributed by atoms with Gasteiger partial charge in [-0.3, -0.25) is 9.59 Å². The molecule has 1 aliphatic rings. The van der Waals surface area contributed by atoms with Gasteiger partial charge in [-0.2, -0.15) is 0 Å². The second-order valence-corrected chi connectivity index (χ2v) is 7.74. The van der Waals surface area contributed by atoms with Gasteiger partial charge in [0.05, 0.1) is 0 Å². The van der Waals surface area contributed by atoms with E-state index in [0.29, 0.717) is 34.3 Å². The fraction of sp³-hybridized carbons (Fsp3) is 0.130. The molecular formula is C23H18Cl2N2O2. The largest absolute Gasteiger partial charge is 0.348 e. The van der Waals surface area contributed by atoms with Crippen LogP contribution < -0.4 is 10.2 Å². The lowest BCUT2D eigenvalue weighted by atomic mass is 10.1. The molecule has 0 unspecified atom stereocenters. The number of hydrogen-bond donors (Lipinski definition) is 1. The molecule has 2 amide bonds. The number of amides is 2. The molecular weight excluding hydrogens is 407 g/mol. The van der Waals surface area contributed by atoms with Crippen molar-refractivity contribution in [2.24, 2.45) is 0 Å². The van der Waals surface area contributed by atoms with Gasteiger partial charge in [0.1, 0.15) is 0 Å². The Hall–Kier alpha value is -2.82. The molecule has 4 rings (SSSR count). The maximum absolute atomic E-state index is 12.9. The van der Waals surface area contributed by atoms with Crippen LogP contribution in [0, 0.1) is 0 Å². The summed E-state index contributed by atoms with van der Waals surface area (Å²) >= 11 is 11.8. The first-order valence-electron chi connectivity index (χ1n) is 9.24. The minimum absolute atomic E-state index is 0.0530. The summed E-state index contributed by atoms with van der Waals surface area (Å²) in [6.45, 7) is 1.01.